The zero-order valence-corrected chi connectivity index (χ0v) is 19.2. The van der Waals surface area contributed by atoms with E-state index in [-0.39, 0.29) is 47.2 Å². The van der Waals surface area contributed by atoms with Crippen molar-refractivity contribution < 1.29 is 14.2 Å². The lowest BCUT2D eigenvalue weighted by atomic mass is 9.56. The average Bonchev–Trinajstić information content (AvgIpc) is 3.15. The van der Waals surface area contributed by atoms with Crippen molar-refractivity contribution in [1.82, 2.24) is 10.2 Å². The molecule has 3 aliphatic rings. The minimum absolute atomic E-state index is 0. The van der Waals surface area contributed by atoms with Gasteiger partial charge in [-0.25, -0.2) is 0 Å². The van der Waals surface area contributed by atoms with Crippen molar-refractivity contribution in [3.05, 3.63) is 0 Å². The zero-order valence-electron chi connectivity index (χ0n) is 16.9. The van der Waals surface area contributed by atoms with E-state index in [0.29, 0.717) is 6.04 Å². The van der Waals surface area contributed by atoms with Crippen molar-refractivity contribution in [2.75, 3.05) is 40.0 Å². The van der Waals surface area contributed by atoms with Gasteiger partial charge in [0.1, 0.15) is 6.10 Å². The average molecular weight is 481 g/mol. The van der Waals surface area contributed by atoms with Crippen molar-refractivity contribution in [3.8, 4) is 0 Å². The number of morpholine rings is 1. The Morgan fingerprint density at radius 3 is 2.54 bits per heavy atom. The molecule has 3 fully saturated rings. The van der Waals surface area contributed by atoms with Crippen LogP contribution in [0.25, 0.3) is 0 Å². The topological polar surface area (TPSA) is 55.3 Å². The molecule has 0 spiro atoms. The second kappa shape index (κ2) is 8.92. The van der Waals surface area contributed by atoms with E-state index in [9.17, 15) is 0 Å². The van der Waals surface area contributed by atoms with Gasteiger partial charge >= 0.3 is 0 Å². The molecule has 6 nitrogen and oxygen atoms in total. The Morgan fingerprint density at radius 1 is 1.23 bits per heavy atom. The van der Waals surface area contributed by atoms with Gasteiger partial charge in [0.25, 0.3) is 0 Å². The van der Waals surface area contributed by atoms with Gasteiger partial charge in [-0.05, 0) is 33.1 Å². The molecule has 2 saturated heterocycles. The second-order valence-corrected chi connectivity index (χ2v) is 8.26. The first-order valence-electron chi connectivity index (χ1n) is 9.75. The molecule has 1 N–H and O–H groups in total. The fourth-order valence-corrected chi connectivity index (χ4v) is 4.25. The molecule has 0 aromatic heterocycles. The Labute approximate surface area is 175 Å². The summed E-state index contributed by atoms with van der Waals surface area (Å²) >= 11 is 0. The van der Waals surface area contributed by atoms with Crippen LogP contribution >= 0.6 is 24.0 Å². The largest absolute Gasteiger partial charge is 0.378 e. The quantitative estimate of drug-likeness (QED) is 0.380. The summed E-state index contributed by atoms with van der Waals surface area (Å²) < 4.78 is 17.6. The Morgan fingerprint density at radius 2 is 1.96 bits per heavy atom. The molecule has 152 valence electrons. The summed E-state index contributed by atoms with van der Waals surface area (Å²) in [5.74, 6) is 1.00. The van der Waals surface area contributed by atoms with Crippen LogP contribution in [0.3, 0.4) is 0 Å². The fraction of sp³-hybridized carbons (Fsp3) is 0.947. The summed E-state index contributed by atoms with van der Waals surface area (Å²) in [4.78, 5) is 7.11. The lowest BCUT2D eigenvalue weighted by Crippen LogP contribution is -2.70. The van der Waals surface area contributed by atoms with E-state index in [1.165, 1.54) is 0 Å². The monoisotopic (exact) mass is 481 g/mol. The summed E-state index contributed by atoms with van der Waals surface area (Å²) in [5.41, 5.74) is -0.0102. The number of ether oxygens (including phenoxy) is 3. The first-order valence-corrected chi connectivity index (χ1v) is 9.75. The van der Waals surface area contributed by atoms with Gasteiger partial charge in [0, 0.05) is 44.8 Å². The molecular weight excluding hydrogens is 445 g/mol. The van der Waals surface area contributed by atoms with Crippen molar-refractivity contribution >= 4 is 29.9 Å². The van der Waals surface area contributed by atoms with Crippen LogP contribution < -0.4 is 5.32 Å². The number of nitrogens with zero attached hydrogens (tertiary/aromatic N) is 2. The van der Waals surface area contributed by atoms with Gasteiger partial charge < -0.3 is 24.4 Å². The summed E-state index contributed by atoms with van der Waals surface area (Å²) in [6.45, 7) is 12.9. The van der Waals surface area contributed by atoms with E-state index >= 15 is 0 Å². The van der Waals surface area contributed by atoms with E-state index in [0.717, 1.165) is 58.1 Å². The molecule has 4 unspecified atom stereocenters. The number of hydrogen-bond acceptors (Lipinski definition) is 4. The van der Waals surface area contributed by atoms with Crippen molar-refractivity contribution in [2.45, 2.75) is 70.8 Å². The van der Waals surface area contributed by atoms with E-state index in [1.807, 2.05) is 7.11 Å². The van der Waals surface area contributed by atoms with Crippen LogP contribution in [0.4, 0.5) is 0 Å². The highest BCUT2D eigenvalue weighted by Gasteiger charge is 2.58. The van der Waals surface area contributed by atoms with Crippen molar-refractivity contribution in [3.63, 3.8) is 0 Å². The van der Waals surface area contributed by atoms with Crippen LogP contribution in [0.2, 0.25) is 0 Å². The van der Waals surface area contributed by atoms with Gasteiger partial charge in [0.15, 0.2) is 5.96 Å². The van der Waals surface area contributed by atoms with Crippen molar-refractivity contribution in [1.29, 1.82) is 0 Å². The van der Waals surface area contributed by atoms with Crippen LogP contribution in [0.1, 0.15) is 47.0 Å². The minimum Gasteiger partial charge on any atom is -0.378 e. The van der Waals surface area contributed by atoms with E-state index < -0.39 is 0 Å². The number of rotatable bonds is 4. The minimum atomic E-state index is -0.0762. The van der Waals surface area contributed by atoms with Gasteiger partial charge in [-0.3, -0.25) is 4.99 Å². The van der Waals surface area contributed by atoms with Gasteiger partial charge in [0.2, 0.25) is 0 Å². The molecule has 0 bridgehead atoms. The lowest BCUT2D eigenvalue weighted by molar-refractivity contribution is -0.177. The molecule has 2 aliphatic heterocycles. The molecule has 4 atom stereocenters. The van der Waals surface area contributed by atoms with Gasteiger partial charge in [-0.1, -0.05) is 13.8 Å². The zero-order chi connectivity index (χ0) is 18.1. The summed E-state index contributed by atoms with van der Waals surface area (Å²) in [5, 5.41) is 3.71. The van der Waals surface area contributed by atoms with Crippen LogP contribution in [-0.2, 0) is 14.2 Å². The SMILES string of the molecule is CCN=C(NC1CC(C)(OC)C1(C)C)N1CCOC(C2CCCO2)C1.I. The fourth-order valence-electron chi connectivity index (χ4n) is 4.25. The van der Waals surface area contributed by atoms with E-state index in [4.69, 9.17) is 19.2 Å². The third-order valence-corrected chi connectivity index (χ3v) is 6.66. The molecule has 0 aromatic rings. The first kappa shape index (κ1) is 22.2. The predicted molar refractivity (Wildman–Crippen MR) is 114 cm³/mol. The molecule has 0 radical (unpaired) electrons. The van der Waals surface area contributed by atoms with E-state index in [1.54, 1.807) is 0 Å². The normalized spacial score (nSPS) is 37.0. The molecular formula is C19H36IN3O3. The molecule has 3 rings (SSSR count). The lowest BCUT2D eigenvalue weighted by Gasteiger charge is -2.59. The smallest absolute Gasteiger partial charge is 0.194 e. The van der Waals surface area contributed by atoms with Gasteiger partial charge in [0.05, 0.1) is 18.3 Å². The highest BCUT2D eigenvalue weighted by Crippen LogP contribution is 2.51. The first-order chi connectivity index (χ1) is 11.9. The highest BCUT2D eigenvalue weighted by atomic mass is 127. The molecule has 1 saturated carbocycles. The van der Waals surface area contributed by atoms with Gasteiger partial charge in [-0.2, -0.15) is 0 Å². The standard InChI is InChI=1S/C19H35N3O3.HI/c1-6-20-17(21-16-12-19(4,23-5)18(16,2)3)22-9-11-25-15(13-22)14-8-7-10-24-14;/h14-16H,6-13H2,1-5H3,(H,20,21);1H. The summed E-state index contributed by atoms with van der Waals surface area (Å²) in [6, 6.07) is 0.367. The third-order valence-electron chi connectivity index (χ3n) is 6.66. The molecule has 2 heterocycles. The van der Waals surface area contributed by atoms with Crippen LogP contribution in [0.5, 0.6) is 0 Å². The molecule has 0 aromatic carbocycles. The number of halogens is 1. The molecule has 26 heavy (non-hydrogen) atoms. The maximum atomic E-state index is 5.99. The number of aliphatic imine (C=N–C) groups is 1. The number of guanidine groups is 1. The van der Waals surface area contributed by atoms with Crippen LogP contribution in [-0.4, -0.2) is 74.7 Å². The van der Waals surface area contributed by atoms with Crippen molar-refractivity contribution in [2.24, 2.45) is 10.4 Å². The molecule has 7 heteroatoms. The summed E-state index contributed by atoms with van der Waals surface area (Å²) in [6.07, 6.45) is 3.64. The summed E-state index contributed by atoms with van der Waals surface area (Å²) in [7, 11) is 1.81. The predicted octanol–water partition coefficient (Wildman–Crippen LogP) is 2.65. The van der Waals surface area contributed by atoms with Crippen LogP contribution in [0.15, 0.2) is 4.99 Å². The Balaban J connectivity index is 0.00000243. The van der Waals surface area contributed by atoms with Crippen LogP contribution in [0, 0.1) is 5.41 Å². The second-order valence-electron chi connectivity index (χ2n) is 8.26. The third kappa shape index (κ3) is 4.15. The number of nitrogens with one attached hydrogen (secondary N) is 1. The molecule has 1 aliphatic carbocycles. The van der Waals surface area contributed by atoms with E-state index in [2.05, 4.69) is 37.9 Å². The Kier molecular flexibility index (Phi) is 7.61. The number of hydrogen-bond donors (Lipinski definition) is 1. The maximum absolute atomic E-state index is 5.99. The maximum Gasteiger partial charge on any atom is 0.194 e. The molecule has 0 amide bonds. The highest BCUT2D eigenvalue weighted by molar-refractivity contribution is 14.0. The number of methoxy groups -OCH3 is 1. The Hall–Kier alpha value is -0.120. The Bertz CT molecular complexity index is 496. The van der Waals surface area contributed by atoms with Gasteiger partial charge in [-0.15, -0.1) is 24.0 Å².